The van der Waals surface area contributed by atoms with Gasteiger partial charge < -0.3 is 13.8 Å². The lowest BCUT2D eigenvalue weighted by atomic mass is 9.92. The lowest BCUT2D eigenvalue weighted by Gasteiger charge is -2.30. The molecule has 6 rings (SSSR count). The fraction of sp³-hybridized carbons (Fsp3) is 0.367. The van der Waals surface area contributed by atoms with E-state index in [0.717, 1.165) is 70.4 Å². The standard InChI is InChI=1S/C30H30N4O3/c1-17-28(19(3)37-33-17)22-11-14-25-26(16-31)29(34(27(25)15-22)24-5-4-6-24)21-9-12-23(13-10-21)32-30(35)36-18(2)20-7-8-20/h9-15,18,20,24H,4-8H2,1-3H3,(H,32,35)/t18-/m1/s1. The van der Waals surface area contributed by atoms with Gasteiger partial charge in [0.15, 0.2) is 0 Å². The van der Waals surface area contributed by atoms with Crippen molar-refractivity contribution in [3.8, 4) is 28.5 Å². The Morgan fingerprint density at radius 3 is 2.46 bits per heavy atom. The van der Waals surface area contributed by atoms with Crippen molar-refractivity contribution in [3.05, 3.63) is 59.5 Å². The molecule has 2 fully saturated rings. The van der Waals surface area contributed by atoms with E-state index in [1.807, 2.05) is 57.2 Å². The van der Waals surface area contributed by atoms with Crippen molar-refractivity contribution < 1.29 is 14.1 Å². The van der Waals surface area contributed by atoms with Crippen molar-refractivity contribution in [2.24, 2.45) is 5.92 Å². The average Bonchev–Trinajstić information content (AvgIpc) is 3.59. The number of nitrogens with one attached hydrogen (secondary N) is 1. The van der Waals surface area contributed by atoms with Crippen molar-refractivity contribution in [3.63, 3.8) is 0 Å². The molecule has 0 saturated heterocycles. The Balaban J connectivity index is 1.39. The summed E-state index contributed by atoms with van der Waals surface area (Å²) in [5.74, 6) is 1.27. The van der Waals surface area contributed by atoms with Crippen molar-refractivity contribution >= 4 is 22.7 Å². The summed E-state index contributed by atoms with van der Waals surface area (Å²) < 4.78 is 13.3. The molecular weight excluding hydrogens is 464 g/mol. The van der Waals surface area contributed by atoms with Crippen LogP contribution in [0.4, 0.5) is 10.5 Å². The summed E-state index contributed by atoms with van der Waals surface area (Å²) in [5.41, 5.74) is 7.16. The van der Waals surface area contributed by atoms with Gasteiger partial charge in [-0.3, -0.25) is 5.32 Å². The second-order valence-electron chi connectivity index (χ2n) is 10.4. The second kappa shape index (κ2) is 9.11. The van der Waals surface area contributed by atoms with Gasteiger partial charge in [-0.05, 0) is 88.1 Å². The smallest absolute Gasteiger partial charge is 0.411 e. The van der Waals surface area contributed by atoms with E-state index in [4.69, 9.17) is 9.26 Å². The van der Waals surface area contributed by atoms with E-state index < -0.39 is 6.09 Å². The molecule has 188 valence electrons. The first-order valence-electron chi connectivity index (χ1n) is 13.0. The summed E-state index contributed by atoms with van der Waals surface area (Å²) >= 11 is 0. The maximum absolute atomic E-state index is 12.3. The van der Waals surface area contributed by atoms with Gasteiger partial charge in [-0.1, -0.05) is 29.4 Å². The van der Waals surface area contributed by atoms with E-state index in [0.29, 0.717) is 23.2 Å². The van der Waals surface area contributed by atoms with Gasteiger partial charge in [-0.25, -0.2) is 4.79 Å². The van der Waals surface area contributed by atoms with Crippen LogP contribution in [0.3, 0.4) is 0 Å². The van der Waals surface area contributed by atoms with E-state index in [1.165, 1.54) is 6.42 Å². The van der Waals surface area contributed by atoms with Gasteiger partial charge in [0.1, 0.15) is 17.9 Å². The third-order valence-corrected chi connectivity index (χ3v) is 7.86. The minimum atomic E-state index is -0.430. The van der Waals surface area contributed by atoms with Gasteiger partial charge in [0, 0.05) is 22.7 Å². The second-order valence-corrected chi connectivity index (χ2v) is 10.4. The maximum atomic E-state index is 12.3. The number of carbonyl (C=O) groups is 1. The Labute approximate surface area is 216 Å². The molecule has 2 saturated carbocycles. The number of anilines is 1. The lowest BCUT2D eigenvalue weighted by molar-refractivity contribution is 0.108. The summed E-state index contributed by atoms with van der Waals surface area (Å²) in [5, 5.41) is 18.2. The highest BCUT2D eigenvalue weighted by Gasteiger charge is 2.31. The van der Waals surface area contributed by atoms with Crippen LogP contribution in [-0.4, -0.2) is 21.9 Å². The lowest BCUT2D eigenvalue weighted by Crippen LogP contribution is -2.21. The molecule has 7 nitrogen and oxygen atoms in total. The SMILES string of the molecule is Cc1noc(C)c1-c1ccc2c(C#N)c(-c3ccc(NC(=O)O[C@H](C)C4CC4)cc3)n(C3CCC3)c2c1. The molecule has 2 aromatic heterocycles. The van der Waals surface area contributed by atoms with Gasteiger partial charge in [-0.15, -0.1) is 0 Å². The minimum Gasteiger partial charge on any atom is -0.446 e. The third-order valence-electron chi connectivity index (χ3n) is 7.86. The number of carbonyl (C=O) groups excluding carboxylic acids is 1. The monoisotopic (exact) mass is 494 g/mol. The molecule has 2 aliphatic carbocycles. The normalized spacial score (nSPS) is 16.3. The van der Waals surface area contributed by atoms with Crippen LogP contribution in [0.2, 0.25) is 0 Å². The van der Waals surface area contributed by atoms with Crippen molar-refractivity contribution in [2.75, 3.05) is 5.32 Å². The van der Waals surface area contributed by atoms with Crippen molar-refractivity contribution in [2.45, 2.75) is 65.0 Å². The van der Waals surface area contributed by atoms with Crippen LogP contribution >= 0.6 is 0 Å². The first-order chi connectivity index (χ1) is 17.9. The molecule has 2 aliphatic rings. The highest BCUT2D eigenvalue weighted by Crippen LogP contribution is 2.44. The molecule has 4 aromatic rings. The number of amides is 1. The van der Waals surface area contributed by atoms with E-state index in [-0.39, 0.29) is 6.10 Å². The fourth-order valence-electron chi connectivity index (χ4n) is 5.47. The number of aromatic nitrogens is 2. The first-order valence-corrected chi connectivity index (χ1v) is 13.0. The first kappa shape index (κ1) is 23.4. The Morgan fingerprint density at radius 1 is 1.14 bits per heavy atom. The van der Waals surface area contributed by atoms with Crippen LogP contribution in [0, 0.1) is 31.1 Å². The third kappa shape index (κ3) is 4.17. The Bertz CT molecular complexity index is 1510. The van der Waals surface area contributed by atoms with Crippen LogP contribution in [0.1, 0.15) is 62.1 Å². The van der Waals surface area contributed by atoms with Crippen LogP contribution < -0.4 is 5.32 Å². The van der Waals surface area contributed by atoms with E-state index >= 15 is 0 Å². The van der Waals surface area contributed by atoms with Gasteiger partial charge in [0.25, 0.3) is 0 Å². The number of aryl methyl sites for hydroxylation is 2. The number of hydrogen-bond donors (Lipinski definition) is 1. The average molecular weight is 495 g/mol. The summed E-state index contributed by atoms with van der Waals surface area (Å²) in [6.45, 7) is 5.82. The number of rotatable bonds is 6. The molecular formula is C30H30N4O3. The maximum Gasteiger partial charge on any atom is 0.411 e. The zero-order valence-corrected chi connectivity index (χ0v) is 21.4. The van der Waals surface area contributed by atoms with Crippen LogP contribution in [-0.2, 0) is 4.74 Å². The Morgan fingerprint density at radius 2 is 1.86 bits per heavy atom. The Hall–Kier alpha value is -4.05. The molecule has 7 heteroatoms. The van der Waals surface area contributed by atoms with E-state index in [2.05, 4.69) is 27.2 Å². The predicted molar refractivity (Wildman–Crippen MR) is 142 cm³/mol. The summed E-state index contributed by atoms with van der Waals surface area (Å²) in [6, 6.07) is 16.8. The van der Waals surface area contributed by atoms with Gasteiger partial charge in [0.2, 0.25) is 0 Å². The molecule has 2 aromatic carbocycles. The quantitative estimate of drug-likeness (QED) is 0.299. The van der Waals surface area contributed by atoms with Crippen LogP contribution in [0.25, 0.3) is 33.3 Å². The molecule has 1 amide bonds. The highest BCUT2D eigenvalue weighted by atomic mass is 16.6. The molecule has 1 N–H and O–H groups in total. The number of nitriles is 1. The molecule has 0 spiro atoms. The van der Waals surface area contributed by atoms with E-state index in [9.17, 15) is 10.1 Å². The predicted octanol–water partition coefficient (Wildman–Crippen LogP) is 7.52. The summed E-state index contributed by atoms with van der Waals surface area (Å²) in [4.78, 5) is 12.3. The summed E-state index contributed by atoms with van der Waals surface area (Å²) in [6.07, 6.45) is 5.10. The topological polar surface area (TPSA) is 93.1 Å². The zero-order chi connectivity index (χ0) is 25.7. The number of nitrogens with zero attached hydrogens (tertiary/aromatic N) is 3. The largest absolute Gasteiger partial charge is 0.446 e. The minimum absolute atomic E-state index is 0.0639. The highest BCUT2D eigenvalue weighted by molar-refractivity contribution is 5.97. The molecule has 2 heterocycles. The number of benzene rings is 2. The molecule has 0 radical (unpaired) electrons. The molecule has 0 unspecified atom stereocenters. The number of ether oxygens (including phenoxy) is 1. The van der Waals surface area contributed by atoms with Crippen molar-refractivity contribution in [1.82, 2.24) is 9.72 Å². The van der Waals surface area contributed by atoms with Gasteiger partial charge in [0.05, 0.1) is 22.5 Å². The van der Waals surface area contributed by atoms with Gasteiger partial charge in [-0.2, -0.15) is 5.26 Å². The number of fused-ring (bicyclic) bond motifs is 1. The molecule has 1 atom stereocenters. The van der Waals surface area contributed by atoms with Crippen LogP contribution in [0.15, 0.2) is 47.0 Å². The molecule has 0 bridgehead atoms. The number of hydrogen-bond acceptors (Lipinski definition) is 5. The molecule has 0 aliphatic heterocycles. The zero-order valence-electron chi connectivity index (χ0n) is 21.4. The van der Waals surface area contributed by atoms with E-state index in [1.54, 1.807) is 0 Å². The van der Waals surface area contributed by atoms with Crippen LogP contribution in [0.5, 0.6) is 0 Å². The fourth-order valence-corrected chi connectivity index (χ4v) is 5.47. The van der Waals surface area contributed by atoms with Gasteiger partial charge >= 0.3 is 6.09 Å². The summed E-state index contributed by atoms with van der Waals surface area (Å²) in [7, 11) is 0. The Kier molecular flexibility index (Phi) is 5.75. The van der Waals surface area contributed by atoms with Crippen molar-refractivity contribution in [1.29, 1.82) is 5.26 Å². The molecule has 37 heavy (non-hydrogen) atoms.